The van der Waals surface area contributed by atoms with Gasteiger partial charge in [0.05, 0.1) is 10.1 Å². The number of pyridine rings is 1. The van der Waals surface area contributed by atoms with Crippen molar-refractivity contribution in [2.45, 2.75) is 30.5 Å². The summed E-state index contributed by atoms with van der Waals surface area (Å²) in [5, 5.41) is 3.37. The lowest BCUT2D eigenvalue weighted by atomic mass is 10.0. The van der Waals surface area contributed by atoms with Gasteiger partial charge in [-0.2, -0.15) is 0 Å². The minimum atomic E-state index is -0.411. The Bertz CT molecular complexity index is 405. The van der Waals surface area contributed by atoms with E-state index in [0.717, 1.165) is 24.4 Å². The quantitative estimate of drug-likeness (QED) is 0.530. The van der Waals surface area contributed by atoms with Crippen molar-refractivity contribution in [1.29, 1.82) is 0 Å². The molecule has 94 valence electrons. The van der Waals surface area contributed by atoms with Gasteiger partial charge in [-0.3, -0.25) is 0 Å². The third kappa shape index (κ3) is 2.78. The number of hydrogen-bond donors (Lipinski definition) is 1. The maximum absolute atomic E-state index is 5.20. The van der Waals surface area contributed by atoms with Crippen molar-refractivity contribution in [3.63, 3.8) is 0 Å². The van der Waals surface area contributed by atoms with Crippen LogP contribution in [-0.2, 0) is 15.9 Å². The van der Waals surface area contributed by atoms with Gasteiger partial charge in [0.2, 0.25) is 6.29 Å². The predicted molar refractivity (Wildman–Crippen MR) is 70.3 cm³/mol. The first-order chi connectivity index (χ1) is 8.05. The second-order valence-electron chi connectivity index (χ2n) is 4.37. The number of aryl methyl sites for hydroxylation is 1. The van der Waals surface area contributed by atoms with Gasteiger partial charge in [0.1, 0.15) is 5.82 Å². The fourth-order valence-corrected chi connectivity index (χ4v) is 2.35. The summed E-state index contributed by atoms with van der Waals surface area (Å²) in [5.74, 6) is 0.909. The van der Waals surface area contributed by atoms with Crippen LogP contribution in [0.4, 0.5) is 5.82 Å². The normalized spacial score (nSPS) is 23.4. The third-order valence-corrected chi connectivity index (χ3v) is 3.51. The molecule has 0 radical (unpaired) electrons. The molecule has 0 bridgehead atoms. The first-order valence-corrected chi connectivity index (χ1v) is 6.37. The zero-order valence-corrected chi connectivity index (χ0v) is 11.9. The zero-order chi connectivity index (χ0) is 12.5. The van der Waals surface area contributed by atoms with E-state index in [1.54, 1.807) is 14.2 Å². The van der Waals surface area contributed by atoms with Crippen LogP contribution in [0, 0.1) is 0 Å². The Kier molecular flexibility index (Phi) is 3.70. The lowest BCUT2D eigenvalue weighted by Gasteiger charge is -2.31. The van der Waals surface area contributed by atoms with E-state index in [2.05, 4.69) is 39.2 Å². The Morgan fingerprint density at radius 3 is 2.76 bits per heavy atom. The van der Waals surface area contributed by atoms with E-state index in [9.17, 15) is 0 Å². The number of anilines is 1. The highest BCUT2D eigenvalue weighted by molar-refractivity contribution is 9.10. The molecule has 0 fully saturated rings. The molecule has 1 N–H and O–H groups in total. The molecule has 1 aliphatic rings. The fraction of sp³-hybridized carbons (Fsp3) is 0.583. The molecule has 0 spiro atoms. The molecule has 0 aromatic carbocycles. The number of halogens is 1. The molecule has 0 saturated carbocycles. The lowest BCUT2D eigenvalue weighted by molar-refractivity contribution is -0.108. The smallest absolute Gasteiger partial charge is 0.200 e. The van der Waals surface area contributed by atoms with E-state index in [1.165, 1.54) is 5.56 Å². The molecule has 17 heavy (non-hydrogen) atoms. The standard InChI is InChI=1S/C12H17BrN2O2/c1-12(13)7-6-8-4-5-9(11(16-2)17-3)14-10(8)15-12/h4-5,11H,6-7H2,1-3H3,(H,14,15)/t12-/m1/s1. The molecule has 2 heterocycles. The highest BCUT2D eigenvalue weighted by Crippen LogP contribution is 2.34. The van der Waals surface area contributed by atoms with Crippen molar-refractivity contribution >= 4 is 21.7 Å². The van der Waals surface area contributed by atoms with Crippen molar-refractivity contribution in [1.82, 2.24) is 4.98 Å². The number of ether oxygens (including phenoxy) is 2. The van der Waals surface area contributed by atoms with E-state index in [1.807, 2.05) is 6.07 Å². The van der Waals surface area contributed by atoms with E-state index >= 15 is 0 Å². The SMILES string of the molecule is COC(OC)c1ccc2c(n1)N[C@@](C)(Br)CC2. The fourth-order valence-electron chi connectivity index (χ4n) is 1.96. The van der Waals surface area contributed by atoms with Crippen LogP contribution < -0.4 is 5.32 Å². The minimum Gasteiger partial charge on any atom is -0.355 e. The van der Waals surface area contributed by atoms with Gasteiger partial charge in [0.25, 0.3) is 0 Å². The number of hydrogen-bond acceptors (Lipinski definition) is 4. The summed E-state index contributed by atoms with van der Waals surface area (Å²) in [6.07, 6.45) is 1.65. The summed E-state index contributed by atoms with van der Waals surface area (Å²) in [6.45, 7) is 2.11. The number of nitrogens with zero attached hydrogens (tertiary/aromatic N) is 1. The average molecular weight is 301 g/mol. The molecular weight excluding hydrogens is 284 g/mol. The van der Waals surface area contributed by atoms with Crippen molar-refractivity contribution in [2.24, 2.45) is 0 Å². The molecule has 5 heteroatoms. The van der Waals surface area contributed by atoms with Gasteiger partial charge in [0, 0.05) is 14.2 Å². The summed E-state index contributed by atoms with van der Waals surface area (Å²) in [7, 11) is 3.22. The molecule has 1 aliphatic heterocycles. The largest absolute Gasteiger partial charge is 0.355 e. The van der Waals surface area contributed by atoms with Crippen molar-refractivity contribution < 1.29 is 9.47 Å². The molecule has 0 unspecified atom stereocenters. The molecule has 1 aromatic rings. The minimum absolute atomic E-state index is 0.0821. The number of fused-ring (bicyclic) bond motifs is 1. The Hall–Kier alpha value is -0.650. The summed E-state index contributed by atoms with van der Waals surface area (Å²) in [6, 6.07) is 4.03. The van der Waals surface area contributed by atoms with Gasteiger partial charge >= 0.3 is 0 Å². The topological polar surface area (TPSA) is 43.4 Å². The Morgan fingerprint density at radius 1 is 1.41 bits per heavy atom. The molecule has 4 nitrogen and oxygen atoms in total. The van der Waals surface area contributed by atoms with Crippen LogP contribution >= 0.6 is 15.9 Å². The summed E-state index contributed by atoms with van der Waals surface area (Å²) >= 11 is 3.64. The van der Waals surface area contributed by atoms with Crippen LogP contribution in [0.15, 0.2) is 12.1 Å². The summed E-state index contributed by atoms with van der Waals surface area (Å²) in [4.78, 5) is 4.56. The molecule has 0 amide bonds. The second kappa shape index (κ2) is 4.92. The monoisotopic (exact) mass is 300 g/mol. The van der Waals surface area contributed by atoms with Crippen LogP contribution in [0.25, 0.3) is 0 Å². The Balaban J connectivity index is 2.30. The first kappa shape index (κ1) is 12.8. The van der Waals surface area contributed by atoms with Crippen LogP contribution in [0.5, 0.6) is 0 Å². The van der Waals surface area contributed by atoms with Gasteiger partial charge in [0.15, 0.2) is 0 Å². The Labute approximate surface area is 110 Å². The van der Waals surface area contributed by atoms with Crippen LogP contribution in [0.1, 0.15) is 30.9 Å². The van der Waals surface area contributed by atoms with Crippen LogP contribution in [0.3, 0.4) is 0 Å². The number of rotatable bonds is 3. The second-order valence-corrected chi connectivity index (χ2v) is 6.12. The summed E-state index contributed by atoms with van der Waals surface area (Å²) < 4.78 is 10.3. The third-order valence-electron chi connectivity index (χ3n) is 2.91. The van der Waals surface area contributed by atoms with Gasteiger partial charge in [-0.05, 0) is 31.4 Å². The number of alkyl halides is 1. The van der Waals surface area contributed by atoms with Gasteiger partial charge in [-0.15, -0.1) is 0 Å². The summed E-state index contributed by atoms with van der Waals surface area (Å²) in [5.41, 5.74) is 2.02. The first-order valence-electron chi connectivity index (χ1n) is 5.58. The molecule has 2 rings (SSSR count). The molecule has 0 saturated heterocycles. The number of nitrogens with one attached hydrogen (secondary N) is 1. The number of aromatic nitrogens is 1. The lowest BCUT2D eigenvalue weighted by Crippen LogP contribution is -2.33. The van der Waals surface area contributed by atoms with E-state index in [-0.39, 0.29) is 4.45 Å². The van der Waals surface area contributed by atoms with E-state index in [4.69, 9.17) is 9.47 Å². The van der Waals surface area contributed by atoms with Gasteiger partial charge in [-0.25, -0.2) is 4.98 Å². The van der Waals surface area contributed by atoms with Gasteiger partial charge in [-0.1, -0.05) is 22.0 Å². The molecule has 0 aliphatic carbocycles. The Morgan fingerprint density at radius 2 is 2.12 bits per heavy atom. The molecule has 1 atom stereocenters. The van der Waals surface area contributed by atoms with Crippen LogP contribution in [-0.4, -0.2) is 23.7 Å². The average Bonchev–Trinajstić information content (AvgIpc) is 2.29. The van der Waals surface area contributed by atoms with Crippen LogP contribution in [0.2, 0.25) is 0 Å². The zero-order valence-electron chi connectivity index (χ0n) is 10.3. The van der Waals surface area contributed by atoms with Gasteiger partial charge < -0.3 is 14.8 Å². The van der Waals surface area contributed by atoms with E-state index < -0.39 is 6.29 Å². The number of methoxy groups -OCH3 is 2. The van der Waals surface area contributed by atoms with Crippen molar-refractivity contribution in [3.05, 3.63) is 23.4 Å². The predicted octanol–water partition coefficient (Wildman–Crippen LogP) is 2.84. The molecule has 1 aromatic heterocycles. The highest BCUT2D eigenvalue weighted by atomic mass is 79.9. The van der Waals surface area contributed by atoms with Crippen molar-refractivity contribution in [3.8, 4) is 0 Å². The highest BCUT2D eigenvalue weighted by Gasteiger charge is 2.27. The maximum atomic E-state index is 5.20. The molecular formula is C12H17BrN2O2. The maximum Gasteiger partial charge on any atom is 0.200 e. The van der Waals surface area contributed by atoms with E-state index in [0.29, 0.717) is 0 Å². The van der Waals surface area contributed by atoms with Crippen molar-refractivity contribution in [2.75, 3.05) is 19.5 Å².